The van der Waals surface area contributed by atoms with Crippen LogP contribution in [0.3, 0.4) is 0 Å². The number of hydrogen-bond acceptors (Lipinski definition) is 2. The lowest BCUT2D eigenvalue weighted by Crippen LogP contribution is -1.94. The Morgan fingerprint density at radius 2 is 1.70 bits per heavy atom. The lowest BCUT2D eigenvalue weighted by atomic mass is 10.1. The monoisotopic (exact) mass is 284 g/mol. The van der Waals surface area contributed by atoms with E-state index in [9.17, 15) is 4.21 Å². The summed E-state index contributed by atoms with van der Waals surface area (Å²) in [5, 5.41) is 0.982. The Morgan fingerprint density at radius 1 is 1.00 bits per heavy atom. The highest BCUT2D eigenvalue weighted by Gasteiger charge is 2.20. The zero-order valence-electron chi connectivity index (χ0n) is 11.8. The third-order valence-electron chi connectivity index (χ3n) is 3.40. The van der Waals surface area contributed by atoms with Crippen LogP contribution in [0, 0.1) is 20.8 Å². The van der Waals surface area contributed by atoms with E-state index in [1.807, 2.05) is 57.2 Å². The first kappa shape index (κ1) is 13.1. The van der Waals surface area contributed by atoms with Crippen molar-refractivity contribution in [2.45, 2.75) is 30.6 Å². The van der Waals surface area contributed by atoms with Gasteiger partial charge in [-0.2, -0.15) is 0 Å². The van der Waals surface area contributed by atoms with Gasteiger partial charge in [-0.3, -0.25) is 0 Å². The zero-order valence-corrected chi connectivity index (χ0v) is 12.6. The molecule has 0 aliphatic carbocycles. The van der Waals surface area contributed by atoms with E-state index in [1.165, 1.54) is 0 Å². The van der Waals surface area contributed by atoms with E-state index in [2.05, 4.69) is 6.07 Å². The highest BCUT2D eigenvalue weighted by Crippen LogP contribution is 2.34. The lowest BCUT2D eigenvalue weighted by molar-refractivity contribution is 0.566. The Balaban J connectivity index is 2.27. The number of rotatable bonds is 2. The molecular weight excluding hydrogens is 268 g/mol. The summed E-state index contributed by atoms with van der Waals surface area (Å²) >= 11 is 0. The van der Waals surface area contributed by atoms with Crippen LogP contribution >= 0.6 is 0 Å². The highest BCUT2D eigenvalue weighted by atomic mass is 32.2. The number of fused-ring (bicyclic) bond motifs is 1. The normalized spacial score (nSPS) is 12.8. The molecule has 0 N–H and O–H groups in total. The van der Waals surface area contributed by atoms with Gasteiger partial charge in [-0.25, -0.2) is 4.21 Å². The summed E-state index contributed by atoms with van der Waals surface area (Å²) in [6, 6.07) is 13.6. The maximum atomic E-state index is 12.8. The SMILES string of the molecule is Cc1cc(C)c2c([S@](=O)c3ccccc3)c(C)oc2c1. The maximum absolute atomic E-state index is 12.8. The molecule has 2 nitrogen and oxygen atoms in total. The molecule has 3 rings (SSSR count). The fourth-order valence-electron chi connectivity index (χ4n) is 2.57. The molecule has 2 aromatic carbocycles. The lowest BCUT2D eigenvalue weighted by Gasteiger charge is -2.03. The van der Waals surface area contributed by atoms with Gasteiger partial charge in [-0.05, 0) is 50.1 Å². The van der Waals surface area contributed by atoms with Crippen molar-refractivity contribution in [3.8, 4) is 0 Å². The molecule has 3 heteroatoms. The Morgan fingerprint density at radius 3 is 2.40 bits per heavy atom. The Hall–Kier alpha value is -1.87. The second kappa shape index (κ2) is 4.91. The van der Waals surface area contributed by atoms with Crippen molar-refractivity contribution in [3.63, 3.8) is 0 Å². The molecule has 0 radical (unpaired) electrons. The van der Waals surface area contributed by atoms with E-state index >= 15 is 0 Å². The molecular formula is C17H16O2S. The minimum absolute atomic E-state index is 0.732. The Bertz CT molecular complexity index is 801. The van der Waals surface area contributed by atoms with E-state index in [0.717, 1.165) is 37.6 Å². The average Bonchev–Trinajstić information content (AvgIpc) is 2.75. The standard InChI is InChI=1S/C17H16O2S/c1-11-9-12(2)16-15(10-11)19-13(3)17(16)20(18)14-7-5-4-6-8-14/h4-10H,1-3H3/t20-/m1/s1. The largest absolute Gasteiger partial charge is 0.460 e. The van der Waals surface area contributed by atoms with Crippen molar-refractivity contribution >= 4 is 21.8 Å². The van der Waals surface area contributed by atoms with Gasteiger partial charge in [0.25, 0.3) is 0 Å². The topological polar surface area (TPSA) is 30.2 Å². The van der Waals surface area contributed by atoms with Crippen molar-refractivity contribution in [1.82, 2.24) is 0 Å². The van der Waals surface area contributed by atoms with Gasteiger partial charge >= 0.3 is 0 Å². The molecule has 0 saturated carbocycles. The van der Waals surface area contributed by atoms with E-state index in [1.54, 1.807) is 0 Å². The molecule has 0 bridgehead atoms. The molecule has 102 valence electrons. The van der Waals surface area contributed by atoms with Crippen molar-refractivity contribution in [2.75, 3.05) is 0 Å². The average molecular weight is 284 g/mol. The van der Waals surface area contributed by atoms with Crippen LogP contribution in [-0.4, -0.2) is 4.21 Å². The fourth-order valence-corrected chi connectivity index (χ4v) is 3.96. The van der Waals surface area contributed by atoms with Crippen LogP contribution in [-0.2, 0) is 10.8 Å². The first-order valence-corrected chi connectivity index (χ1v) is 7.70. The molecule has 1 heterocycles. The van der Waals surface area contributed by atoms with Crippen LogP contribution in [0.2, 0.25) is 0 Å². The van der Waals surface area contributed by atoms with Crippen LogP contribution in [0.25, 0.3) is 11.0 Å². The number of furan rings is 1. The van der Waals surface area contributed by atoms with Crippen LogP contribution in [0.15, 0.2) is 56.7 Å². The first-order chi connectivity index (χ1) is 9.58. The maximum Gasteiger partial charge on any atom is 0.136 e. The minimum atomic E-state index is -1.21. The molecule has 0 aliphatic heterocycles. The van der Waals surface area contributed by atoms with Gasteiger partial charge in [-0.15, -0.1) is 0 Å². The number of aryl methyl sites for hydroxylation is 3. The third kappa shape index (κ3) is 2.08. The van der Waals surface area contributed by atoms with E-state index in [-0.39, 0.29) is 0 Å². The summed E-state index contributed by atoms with van der Waals surface area (Å²) in [6.07, 6.45) is 0. The van der Waals surface area contributed by atoms with E-state index in [0.29, 0.717) is 0 Å². The number of benzene rings is 2. The van der Waals surface area contributed by atoms with E-state index < -0.39 is 10.8 Å². The molecule has 0 spiro atoms. The van der Waals surface area contributed by atoms with Crippen molar-refractivity contribution in [2.24, 2.45) is 0 Å². The zero-order chi connectivity index (χ0) is 14.3. The molecule has 1 atom stereocenters. The number of hydrogen-bond donors (Lipinski definition) is 0. The highest BCUT2D eigenvalue weighted by molar-refractivity contribution is 7.85. The Kier molecular flexibility index (Phi) is 3.22. The Labute approximate surface area is 120 Å². The quantitative estimate of drug-likeness (QED) is 0.692. The second-order valence-corrected chi connectivity index (χ2v) is 6.44. The van der Waals surface area contributed by atoms with Crippen molar-refractivity contribution in [3.05, 3.63) is 59.4 Å². The summed E-state index contributed by atoms with van der Waals surface area (Å²) in [5.41, 5.74) is 3.08. The summed E-state index contributed by atoms with van der Waals surface area (Å²) in [7, 11) is -1.21. The van der Waals surface area contributed by atoms with Crippen molar-refractivity contribution < 1.29 is 8.63 Å². The van der Waals surface area contributed by atoms with Crippen LogP contribution in [0.5, 0.6) is 0 Å². The first-order valence-electron chi connectivity index (χ1n) is 6.55. The molecule has 0 unspecified atom stereocenters. The fraction of sp³-hybridized carbons (Fsp3) is 0.176. The molecule has 3 aromatic rings. The predicted octanol–water partition coefficient (Wildman–Crippen LogP) is 4.52. The summed E-state index contributed by atoms with van der Waals surface area (Å²) < 4.78 is 18.6. The third-order valence-corrected chi connectivity index (χ3v) is 4.96. The summed E-state index contributed by atoms with van der Waals surface area (Å²) in [5.74, 6) is 0.732. The van der Waals surface area contributed by atoms with Crippen molar-refractivity contribution in [1.29, 1.82) is 0 Å². The summed E-state index contributed by atoms with van der Waals surface area (Å²) in [4.78, 5) is 1.60. The van der Waals surface area contributed by atoms with Gasteiger partial charge in [0.1, 0.15) is 11.3 Å². The molecule has 20 heavy (non-hydrogen) atoms. The van der Waals surface area contributed by atoms with Gasteiger partial charge in [0.2, 0.25) is 0 Å². The predicted molar refractivity (Wildman–Crippen MR) is 81.5 cm³/mol. The molecule has 1 aromatic heterocycles. The van der Waals surface area contributed by atoms with Gasteiger partial charge in [0, 0.05) is 10.3 Å². The van der Waals surface area contributed by atoms with Crippen LogP contribution < -0.4 is 0 Å². The molecule has 0 fully saturated rings. The molecule has 0 amide bonds. The van der Waals surface area contributed by atoms with Gasteiger partial charge in [0.05, 0.1) is 15.7 Å². The van der Waals surface area contributed by atoms with Crippen LogP contribution in [0.1, 0.15) is 16.9 Å². The van der Waals surface area contributed by atoms with Crippen LogP contribution in [0.4, 0.5) is 0 Å². The molecule has 0 aliphatic rings. The minimum Gasteiger partial charge on any atom is -0.460 e. The van der Waals surface area contributed by atoms with Gasteiger partial charge in [0.15, 0.2) is 0 Å². The molecule has 0 saturated heterocycles. The smallest absolute Gasteiger partial charge is 0.136 e. The second-order valence-electron chi connectivity index (χ2n) is 5.02. The summed E-state index contributed by atoms with van der Waals surface area (Å²) in [6.45, 7) is 5.96. The van der Waals surface area contributed by atoms with Gasteiger partial charge < -0.3 is 4.42 Å². The van der Waals surface area contributed by atoms with Gasteiger partial charge in [-0.1, -0.05) is 24.3 Å². The van der Waals surface area contributed by atoms with E-state index in [4.69, 9.17) is 4.42 Å².